The minimum Gasteiger partial charge on any atom is -0.488 e. The van der Waals surface area contributed by atoms with Gasteiger partial charge in [-0.25, -0.2) is 0 Å². The van der Waals surface area contributed by atoms with E-state index >= 15 is 0 Å². The minimum atomic E-state index is 0.405. The first kappa shape index (κ1) is 16.7. The summed E-state index contributed by atoms with van der Waals surface area (Å²) in [6.45, 7) is 9.69. The van der Waals surface area contributed by atoms with Crippen LogP contribution >= 0.6 is 0 Å². The van der Waals surface area contributed by atoms with Gasteiger partial charge in [0.2, 0.25) is 0 Å². The lowest BCUT2D eigenvalue weighted by Crippen LogP contribution is -2.22. The van der Waals surface area contributed by atoms with E-state index in [9.17, 15) is 0 Å². The van der Waals surface area contributed by atoms with Crippen LogP contribution in [-0.2, 0) is 6.54 Å². The van der Waals surface area contributed by atoms with E-state index in [0.717, 1.165) is 43.1 Å². The quantitative estimate of drug-likeness (QED) is 0.651. The van der Waals surface area contributed by atoms with Crippen molar-refractivity contribution in [3.8, 4) is 5.75 Å². The van der Waals surface area contributed by atoms with Gasteiger partial charge in [-0.05, 0) is 51.8 Å². The molecular weight excluding hydrogens is 274 g/mol. The van der Waals surface area contributed by atoms with E-state index in [2.05, 4.69) is 35.4 Å². The summed E-state index contributed by atoms with van der Waals surface area (Å²) in [6, 6.07) is 3.96. The highest BCUT2D eigenvalue weighted by atomic mass is 16.5. The third-order valence-electron chi connectivity index (χ3n) is 3.63. The lowest BCUT2D eigenvalue weighted by Gasteiger charge is -2.18. The largest absolute Gasteiger partial charge is 0.488 e. The second-order valence-corrected chi connectivity index (χ2v) is 6.02. The van der Waals surface area contributed by atoms with Crippen molar-refractivity contribution in [1.82, 2.24) is 9.88 Å². The molecule has 1 aromatic heterocycles. The molecule has 0 saturated heterocycles. The number of aliphatic imine (C=N–C) groups is 1. The predicted octanol–water partition coefficient (Wildman–Crippen LogP) is 3.83. The van der Waals surface area contributed by atoms with Crippen LogP contribution in [0.15, 0.2) is 35.6 Å². The van der Waals surface area contributed by atoms with E-state index in [0.29, 0.717) is 6.10 Å². The molecular formula is C18H27N3O. The molecule has 2 rings (SSSR count). The fraction of sp³-hybridized carbons (Fsp3) is 0.556. The number of ether oxygens (including phenoxy) is 1. The summed E-state index contributed by atoms with van der Waals surface area (Å²) in [5, 5.41) is 0. The molecule has 120 valence electrons. The molecule has 0 radical (unpaired) electrons. The first-order chi connectivity index (χ1) is 10.6. The SMILES string of the molecule is C=C(C)N=C(CC)CCN(C)Cc1ncccc1OC1CC1. The zero-order valence-electron chi connectivity index (χ0n) is 14.0. The molecule has 4 nitrogen and oxygen atoms in total. The first-order valence-electron chi connectivity index (χ1n) is 8.09. The van der Waals surface area contributed by atoms with Crippen LogP contribution in [-0.4, -0.2) is 35.3 Å². The minimum absolute atomic E-state index is 0.405. The first-order valence-corrected chi connectivity index (χ1v) is 8.09. The van der Waals surface area contributed by atoms with Crippen LogP contribution in [0, 0.1) is 0 Å². The molecule has 1 aliphatic rings. The average Bonchev–Trinajstić information content (AvgIpc) is 3.29. The molecule has 1 fully saturated rings. The number of allylic oxidation sites excluding steroid dienone is 1. The van der Waals surface area contributed by atoms with Crippen LogP contribution in [0.2, 0.25) is 0 Å². The predicted molar refractivity (Wildman–Crippen MR) is 91.4 cm³/mol. The second kappa shape index (κ2) is 8.08. The van der Waals surface area contributed by atoms with E-state index in [1.807, 2.05) is 25.3 Å². The number of hydrogen-bond acceptors (Lipinski definition) is 4. The maximum Gasteiger partial charge on any atom is 0.142 e. The van der Waals surface area contributed by atoms with E-state index in [4.69, 9.17) is 4.74 Å². The highest BCUT2D eigenvalue weighted by molar-refractivity contribution is 5.85. The Morgan fingerprint density at radius 2 is 2.27 bits per heavy atom. The highest BCUT2D eigenvalue weighted by Gasteiger charge is 2.24. The van der Waals surface area contributed by atoms with E-state index in [-0.39, 0.29) is 0 Å². The summed E-state index contributed by atoms with van der Waals surface area (Å²) in [6.07, 6.45) is 6.51. The van der Waals surface area contributed by atoms with Crippen molar-refractivity contribution >= 4 is 5.71 Å². The normalized spacial score (nSPS) is 15.2. The molecule has 0 aliphatic heterocycles. The van der Waals surface area contributed by atoms with Crippen molar-refractivity contribution in [2.24, 2.45) is 4.99 Å². The molecule has 0 N–H and O–H groups in total. The molecule has 1 saturated carbocycles. The fourth-order valence-corrected chi connectivity index (χ4v) is 2.25. The molecule has 1 aliphatic carbocycles. The van der Waals surface area contributed by atoms with Crippen LogP contribution in [0.4, 0.5) is 0 Å². The summed E-state index contributed by atoms with van der Waals surface area (Å²) in [5.74, 6) is 0.933. The standard InChI is InChI=1S/C18H27N3O/c1-5-15(20-14(2)3)10-12-21(4)13-17-18(7-6-11-19-17)22-16-8-9-16/h6-7,11,16H,2,5,8-10,12-13H2,1,3-4H3. The Labute approximate surface area is 133 Å². The topological polar surface area (TPSA) is 37.7 Å². The lowest BCUT2D eigenvalue weighted by atomic mass is 10.2. The molecule has 1 aromatic rings. The van der Waals surface area contributed by atoms with Gasteiger partial charge in [0.1, 0.15) is 5.75 Å². The van der Waals surface area contributed by atoms with Crippen molar-refractivity contribution in [3.05, 3.63) is 36.3 Å². The van der Waals surface area contributed by atoms with Gasteiger partial charge >= 0.3 is 0 Å². The van der Waals surface area contributed by atoms with Crippen molar-refractivity contribution in [2.75, 3.05) is 13.6 Å². The molecule has 4 heteroatoms. The summed E-state index contributed by atoms with van der Waals surface area (Å²) < 4.78 is 5.93. The molecule has 1 heterocycles. The van der Waals surface area contributed by atoms with Gasteiger partial charge in [-0.1, -0.05) is 13.5 Å². The van der Waals surface area contributed by atoms with Gasteiger partial charge in [0.05, 0.1) is 11.8 Å². The number of pyridine rings is 1. The maximum atomic E-state index is 5.93. The molecule has 0 atom stereocenters. The Bertz CT molecular complexity index is 535. The zero-order chi connectivity index (χ0) is 15.9. The molecule has 0 spiro atoms. The van der Waals surface area contributed by atoms with Crippen LogP contribution in [0.3, 0.4) is 0 Å². The zero-order valence-corrected chi connectivity index (χ0v) is 14.0. The lowest BCUT2D eigenvalue weighted by molar-refractivity contribution is 0.281. The van der Waals surface area contributed by atoms with Crippen LogP contribution in [0.1, 0.15) is 45.2 Å². The van der Waals surface area contributed by atoms with Crippen LogP contribution in [0.5, 0.6) is 5.75 Å². The summed E-state index contributed by atoms with van der Waals surface area (Å²) in [7, 11) is 2.11. The maximum absolute atomic E-state index is 5.93. The Balaban J connectivity index is 1.88. The van der Waals surface area contributed by atoms with E-state index in [1.165, 1.54) is 18.6 Å². The number of rotatable bonds is 9. The van der Waals surface area contributed by atoms with E-state index in [1.54, 1.807) is 0 Å². The number of hydrogen-bond donors (Lipinski definition) is 0. The molecule has 22 heavy (non-hydrogen) atoms. The van der Waals surface area contributed by atoms with Crippen LogP contribution < -0.4 is 4.74 Å². The molecule has 0 bridgehead atoms. The molecule has 0 unspecified atom stereocenters. The van der Waals surface area contributed by atoms with Gasteiger partial charge < -0.3 is 9.64 Å². The van der Waals surface area contributed by atoms with Gasteiger partial charge in [0, 0.05) is 30.7 Å². The number of aromatic nitrogens is 1. The Hall–Kier alpha value is -1.68. The third-order valence-corrected chi connectivity index (χ3v) is 3.63. The summed E-state index contributed by atoms with van der Waals surface area (Å²) in [5.41, 5.74) is 3.10. The van der Waals surface area contributed by atoms with Crippen molar-refractivity contribution in [2.45, 2.75) is 52.2 Å². The smallest absolute Gasteiger partial charge is 0.142 e. The Kier molecular flexibility index (Phi) is 6.13. The highest BCUT2D eigenvalue weighted by Crippen LogP contribution is 2.28. The Morgan fingerprint density at radius 3 is 2.91 bits per heavy atom. The fourth-order valence-electron chi connectivity index (χ4n) is 2.25. The molecule has 0 aromatic carbocycles. The number of nitrogens with zero attached hydrogens (tertiary/aromatic N) is 3. The monoisotopic (exact) mass is 301 g/mol. The van der Waals surface area contributed by atoms with Crippen molar-refractivity contribution in [3.63, 3.8) is 0 Å². The van der Waals surface area contributed by atoms with Crippen LogP contribution in [0.25, 0.3) is 0 Å². The summed E-state index contributed by atoms with van der Waals surface area (Å²) >= 11 is 0. The summed E-state index contributed by atoms with van der Waals surface area (Å²) in [4.78, 5) is 11.2. The van der Waals surface area contributed by atoms with Crippen molar-refractivity contribution < 1.29 is 4.74 Å². The van der Waals surface area contributed by atoms with E-state index < -0.39 is 0 Å². The Morgan fingerprint density at radius 1 is 1.50 bits per heavy atom. The van der Waals surface area contributed by atoms with Gasteiger partial charge in [0.25, 0.3) is 0 Å². The molecule has 0 amide bonds. The van der Waals surface area contributed by atoms with Gasteiger partial charge in [-0.15, -0.1) is 0 Å². The van der Waals surface area contributed by atoms with Gasteiger partial charge in [0.15, 0.2) is 0 Å². The van der Waals surface area contributed by atoms with Gasteiger partial charge in [-0.3, -0.25) is 9.98 Å². The third kappa shape index (κ3) is 5.60. The average molecular weight is 301 g/mol. The van der Waals surface area contributed by atoms with Gasteiger partial charge in [-0.2, -0.15) is 0 Å². The second-order valence-electron chi connectivity index (χ2n) is 6.02. The van der Waals surface area contributed by atoms with Crippen molar-refractivity contribution in [1.29, 1.82) is 0 Å².